The van der Waals surface area contributed by atoms with Crippen LogP contribution in [0.5, 0.6) is 0 Å². The molecule has 1 saturated heterocycles. The van der Waals surface area contributed by atoms with Crippen LogP contribution in [0.1, 0.15) is 24.0 Å². The monoisotopic (exact) mass is 245 g/mol. The molecular formula is C13H12ClN3. The molecule has 86 valence electrons. The maximum Gasteiger partial charge on any atom is 0.146 e. The highest BCUT2D eigenvalue weighted by atomic mass is 35.5. The third-order valence-electron chi connectivity index (χ3n) is 3.60. The summed E-state index contributed by atoms with van der Waals surface area (Å²) >= 11 is 5.83. The van der Waals surface area contributed by atoms with Crippen molar-refractivity contribution in [1.29, 1.82) is 5.26 Å². The van der Waals surface area contributed by atoms with Gasteiger partial charge in [-0.1, -0.05) is 17.7 Å². The Morgan fingerprint density at radius 3 is 3.18 bits per heavy atom. The molecule has 0 saturated carbocycles. The summed E-state index contributed by atoms with van der Waals surface area (Å²) < 4.78 is 0. The standard InChI is InChI=1S/C13H12ClN3/c14-13-10(6-15)4-11(7-17-13)9-3-8-1-2-16-12(8)5-9/h4-5,7-8,12,16H,1-3H2/t8-,12+/m0/s1. The Kier molecular flexibility index (Phi) is 2.62. The first-order valence-electron chi connectivity index (χ1n) is 5.78. The number of rotatable bonds is 1. The Labute approximate surface area is 105 Å². The van der Waals surface area contributed by atoms with Crippen molar-refractivity contribution >= 4 is 17.2 Å². The number of nitrogens with one attached hydrogen (secondary N) is 1. The molecule has 0 amide bonds. The van der Waals surface area contributed by atoms with Gasteiger partial charge in [0.2, 0.25) is 0 Å². The van der Waals surface area contributed by atoms with Crippen LogP contribution in [0.25, 0.3) is 5.57 Å². The fourth-order valence-corrected chi connectivity index (χ4v) is 2.83. The lowest BCUT2D eigenvalue weighted by molar-refractivity contribution is 0.553. The van der Waals surface area contributed by atoms with Gasteiger partial charge >= 0.3 is 0 Å². The molecule has 1 aromatic heterocycles. The molecule has 1 aliphatic carbocycles. The minimum atomic E-state index is 0.285. The van der Waals surface area contributed by atoms with E-state index in [1.807, 2.05) is 6.07 Å². The highest BCUT2D eigenvalue weighted by Crippen LogP contribution is 2.37. The molecule has 0 radical (unpaired) electrons. The molecule has 1 aromatic rings. The van der Waals surface area contributed by atoms with Crippen LogP contribution in [0.15, 0.2) is 18.3 Å². The number of nitriles is 1. The van der Waals surface area contributed by atoms with Crippen molar-refractivity contribution in [2.24, 2.45) is 5.92 Å². The normalized spacial score (nSPS) is 26.5. The number of fused-ring (bicyclic) bond motifs is 1. The molecule has 0 spiro atoms. The fourth-order valence-electron chi connectivity index (χ4n) is 2.69. The van der Waals surface area contributed by atoms with Gasteiger partial charge in [0.05, 0.1) is 5.56 Å². The molecule has 2 atom stereocenters. The lowest BCUT2D eigenvalue weighted by Crippen LogP contribution is -2.20. The number of pyridine rings is 1. The van der Waals surface area contributed by atoms with E-state index < -0.39 is 0 Å². The first-order chi connectivity index (χ1) is 8.28. The number of aromatic nitrogens is 1. The molecule has 0 bridgehead atoms. The Morgan fingerprint density at radius 2 is 2.41 bits per heavy atom. The van der Waals surface area contributed by atoms with Crippen molar-refractivity contribution in [3.63, 3.8) is 0 Å². The summed E-state index contributed by atoms with van der Waals surface area (Å²) in [6.45, 7) is 1.11. The summed E-state index contributed by atoms with van der Waals surface area (Å²) in [5.74, 6) is 0.714. The predicted molar refractivity (Wildman–Crippen MR) is 66.5 cm³/mol. The van der Waals surface area contributed by atoms with E-state index >= 15 is 0 Å². The van der Waals surface area contributed by atoms with Gasteiger partial charge in [-0.05, 0) is 42.5 Å². The molecular weight excluding hydrogens is 234 g/mol. The van der Waals surface area contributed by atoms with Gasteiger partial charge in [0.15, 0.2) is 0 Å². The Balaban J connectivity index is 1.93. The number of hydrogen-bond acceptors (Lipinski definition) is 3. The minimum Gasteiger partial charge on any atom is -0.310 e. The lowest BCUT2D eigenvalue weighted by atomic mass is 9.99. The van der Waals surface area contributed by atoms with Crippen LogP contribution in [0.3, 0.4) is 0 Å². The Bertz CT molecular complexity index is 530. The number of nitrogens with zero attached hydrogens (tertiary/aromatic N) is 2. The summed E-state index contributed by atoms with van der Waals surface area (Å²) in [7, 11) is 0. The topological polar surface area (TPSA) is 48.7 Å². The van der Waals surface area contributed by atoms with E-state index in [4.69, 9.17) is 16.9 Å². The summed E-state index contributed by atoms with van der Waals surface area (Å²) in [5.41, 5.74) is 2.77. The zero-order chi connectivity index (χ0) is 11.8. The van der Waals surface area contributed by atoms with E-state index in [0.717, 1.165) is 18.5 Å². The predicted octanol–water partition coefficient (Wildman–Crippen LogP) is 2.37. The van der Waals surface area contributed by atoms with Crippen molar-refractivity contribution in [1.82, 2.24) is 10.3 Å². The van der Waals surface area contributed by atoms with Crippen LogP contribution in [-0.4, -0.2) is 17.6 Å². The summed E-state index contributed by atoms with van der Waals surface area (Å²) in [6.07, 6.45) is 6.34. The van der Waals surface area contributed by atoms with E-state index in [1.54, 1.807) is 6.20 Å². The number of halogens is 1. The summed E-state index contributed by atoms with van der Waals surface area (Å²) in [5, 5.41) is 12.7. The van der Waals surface area contributed by atoms with Gasteiger partial charge in [-0.2, -0.15) is 5.26 Å². The van der Waals surface area contributed by atoms with Crippen LogP contribution in [0.4, 0.5) is 0 Å². The zero-order valence-corrected chi connectivity index (χ0v) is 10.0. The van der Waals surface area contributed by atoms with Gasteiger partial charge in [0, 0.05) is 12.2 Å². The summed E-state index contributed by atoms with van der Waals surface area (Å²) in [6, 6.07) is 4.41. The Hall–Kier alpha value is -1.37. The molecule has 3 nitrogen and oxygen atoms in total. The average molecular weight is 246 g/mol. The van der Waals surface area contributed by atoms with Crippen LogP contribution < -0.4 is 5.32 Å². The van der Waals surface area contributed by atoms with Crippen molar-refractivity contribution in [2.45, 2.75) is 18.9 Å². The van der Waals surface area contributed by atoms with Gasteiger partial charge in [0.1, 0.15) is 11.2 Å². The Morgan fingerprint density at radius 1 is 1.53 bits per heavy atom. The van der Waals surface area contributed by atoms with Gasteiger partial charge in [0.25, 0.3) is 0 Å². The van der Waals surface area contributed by atoms with Gasteiger partial charge < -0.3 is 5.32 Å². The van der Waals surface area contributed by atoms with Crippen molar-refractivity contribution in [2.75, 3.05) is 6.54 Å². The first-order valence-corrected chi connectivity index (χ1v) is 6.16. The molecule has 1 aliphatic heterocycles. The van der Waals surface area contributed by atoms with Gasteiger partial charge in [-0.15, -0.1) is 0 Å². The second-order valence-electron chi connectivity index (χ2n) is 4.60. The van der Waals surface area contributed by atoms with E-state index in [9.17, 15) is 0 Å². The van der Waals surface area contributed by atoms with Crippen LogP contribution in [-0.2, 0) is 0 Å². The molecule has 0 unspecified atom stereocenters. The number of hydrogen-bond donors (Lipinski definition) is 1. The van der Waals surface area contributed by atoms with Crippen LogP contribution in [0.2, 0.25) is 5.15 Å². The average Bonchev–Trinajstić information content (AvgIpc) is 2.90. The fraction of sp³-hybridized carbons (Fsp3) is 0.385. The van der Waals surface area contributed by atoms with Crippen LogP contribution >= 0.6 is 11.6 Å². The van der Waals surface area contributed by atoms with Crippen LogP contribution in [0, 0.1) is 17.2 Å². The molecule has 2 heterocycles. The van der Waals surface area contributed by atoms with Crippen molar-refractivity contribution < 1.29 is 0 Å². The second kappa shape index (κ2) is 4.14. The van der Waals surface area contributed by atoms with Gasteiger partial charge in [-0.25, -0.2) is 4.98 Å². The quantitative estimate of drug-likeness (QED) is 0.773. The highest BCUT2D eigenvalue weighted by molar-refractivity contribution is 6.30. The van der Waals surface area contributed by atoms with Gasteiger partial charge in [-0.3, -0.25) is 0 Å². The van der Waals surface area contributed by atoms with Crippen molar-refractivity contribution in [3.8, 4) is 6.07 Å². The molecule has 1 fully saturated rings. The highest BCUT2D eigenvalue weighted by Gasteiger charge is 2.31. The largest absolute Gasteiger partial charge is 0.310 e. The van der Waals surface area contributed by atoms with E-state index in [2.05, 4.69) is 22.4 Å². The first kappa shape index (κ1) is 10.8. The molecule has 17 heavy (non-hydrogen) atoms. The third-order valence-corrected chi connectivity index (χ3v) is 3.90. The number of allylic oxidation sites excluding steroid dienone is 1. The maximum absolute atomic E-state index is 8.94. The second-order valence-corrected chi connectivity index (χ2v) is 4.96. The molecule has 4 heteroatoms. The molecule has 1 N–H and O–H groups in total. The summed E-state index contributed by atoms with van der Waals surface area (Å²) in [4.78, 5) is 4.07. The molecule has 3 rings (SSSR count). The lowest BCUT2D eigenvalue weighted by Gasteiger charge is -2.06. The maximum atomic E-state index is 8.94. The van der Waals surface area contributed by atoms with E-state index in [0.29, 0.717) is 17.5 Å². The zero-order valence-electron chi connectivity index (χ0n) is 9.28. The third kappa shape index (κ3) is 1.84. The minimum absolute atomic E-state index is 0.285. The molecule has 2 aliphatic rings. The van der Waals surface area contributed by atoms with E-state index in [1.165, 1.54) is 12.0 Å². The molecule has 0 aromatic carbocycles. The smallest absolute Gasteiger partial charge is 0.146 e. The van der Waals surface area contributed by atoms with E-state index in [-0.39, 0.29) is 5.15 Å². The SMILES string of the molecule is N#Cc1cc(C2=C[C@H]3NCC[C@H]3C2)cnc1Cl. The van der Waals surface area contributed by atoms with Crippen molar-refractivity contribution in [3.05, 3.63) is 34.6 Å².